The number of hydrogen-bond acceptors (Lipinski definition) is 1. The molecule has 0 radical (unpaired) electrons. The highest BCUT2D eigenvalue weighted by atomic mass is 35.5. The molecule has 0 aromatic heterocycles. The molecule has 0 amide bonds. The van der Waals surface area contributed by atoms with Gasteiger partial charge in [0.2, 0.25) is 0 Å². The summed E-state index contributed by atoms with van der Waals surface area (Å²) in [5.74, 6) is 0.758. The van der Waals surface area contributed by atoms with Gasteiger partial charge in [-0.05, 0) is 19.9 Å². The van der Waals surface area contributed by atoms with Gasteiger partial charge < -0.3 is 5.32 Å². The zero-order chi connectivity index (χ0) is 6.41. The van der Waals surface area contributed by atoms with Gasteiger partial charge in [-0.25, -0.2) is 0 Å². The van der Waals surface area contributed by atoms with Crippen LogP contribution < -0.4 is 5.32 Å². The molecule has 0 saturated carbocycles. The fraction of sp³-hybridized carbons (Fsp3) is 1.00. The Kier molecular flexibility index (Phi) is 11.6. The van der Waals surface area contributed by atoms with Crippen LogP contribution >= 0.6 is 24.0 Å². The van der Waals surface area contributed by atoms with Crippen molar-refractivity contribution in [3.05, 3.63) is 0 Å². The summed E-state index contributed by atoms with van der Waals surface area (Å²) in [5.41, 5.74) is 0. The van der Waals surface area contributed by atoms with Crippen molar-refractivity contribution in [2.24, 2.45) is 0 Å². The van der Waals surface area contributed by atoms with E-state index in [0.717, 1.165) is 18.8 Å². The molecule has 0 saturated heterocycles. The van der Waals surface area contributed by atoms with E-state index in [-0.39, 0.29) is 12.4 Å². The van der Waals surface area contributed by atoms with Crippen LogP contribution in [0.3, 0.4) is 0 Å². The Bertz CT molecular complexity index is 44.3. The van der Waals surface area contributed by atoms with Gasteiger partial charge in [-0.2, -0.15) is 0 Å². The van der Waals surface area contributed by atoms with Crippen LogP contribution in [0.1, 0.15) is 20.3 Å². The maximum Gasteiger partial charge on any atom is 0.0238 e. The predicted octanol–water partition coefficient (Wildman–Crippen LogP) is 2.04. The maximum absolute atomic E-state index is 5.49. The number of alkyl halides is 1. The quantitative estimate of drug-likeness (QED) is 0.640. The topological polar surface area (TPSA) is 12.0 Å². The van der Waals surface area contributed by atoms with Crippen LogP contribution in [-0.2, 0) is 0 Å². The Morgan fingerprint density at radius 3 is 2.44 bits per heavy atom. The molecule has 0 aliphatic rings. The second-order valence-electron chi connectivity index (χ2n) is 1.94. The Morgan fingerprint density at radius 1 is 1.56 bits per heavy atom. The SMILES string of the molecule is CCNC(C)CCCl.Cl. The largest absolute Gasteiger partial charge is 0.314 e. The van der Waals surface area contributed by atoms with Crippen molar-refractivity contribution in [2.45, 2.75) is 26.3 Å². The minimum atomic E-state index is 0. The van der Waals surface area contributed by atoms with Crippen LogP contribution in [0.4, 0.5) is 0 Å². The lowest BCUT2D eigenvalue weighted by molar-refractivity contribution is 0.555. The lowest BCUT2D eigenvalue weighted by atomic mass is 10.3. The Hall–Kier alpha value is 0.540. The van der Waals surface area contributed by atoms with E-state index in [1.165, 1.54) is 0 Å². The average molecular weight is 172 g/mol. The molecule has 0 fully saturated rings. The van der Waals surface area contributed by atoms with E-state index < -0.39 is 0 Å². The summed E-state index contributed by atoms with van der Waals surface area (Å²) in [4.78, 5) is 0. The first-order valence-corrected chi connectivity index (χ1v) is 3.64. The summed E-state index contributed by atoms with van der Waals surface area (Å²) < 4.78 is 0. The first kappa shape index (κ1) is 12.2. The normalized spacial score (nSPS) is 12.3. The molecule has 1 unspecified atom stereocenters. The standard InChI is InChI=1S/C6H14ClN.ClH/c1-3-8-6(2)4-5-7;/h6,8H,3-5H2,1-2H3;1H. The third-order valence-corrected chi connectivity index (χ3v) is 1.31. The van der Waals surface area contributed by atoms with E-state index >= 15 is 0 Å². The number of nitrogens with one attached hydrogen (secondary N) is 1. The van der Waals surface area contributed by atoms with Gasteiger partial charge >= 0.3 is 0 Å². The minimum Gasteiger partial charge on any atom is -0.314 e. The van der Waals surface area contributed by atoms with Crippen molar-refractivity contribution in [3.8, 4) is 0 Å². The molecule has 58 valence electrons. The molecule has 0 rings (SSSR count). The summed E-state index contributed by atoms with van der Waals surface area (Å²) in [6.45, 7) is 5.29. The summed E-state index contributed by atoms with van der Waals surface area (Å²) in [7, 11) is 0. The zero-order valence-corrected chi connectivity index (χ0v) is 7.56. The average Bonchev–Trinajstić information content (AvgIpc) is 1.68. The summed E-state index contributed by atoms with van der Waals surface area (Å²) in [5, 5.41) is 3.26. The molecule has 0 aliphatic heterocycles. The van der Waals surface area contributed by atoms with Gasteiger partial charge in [0.25, 0.3) is 0 Å². The smallest absolute Gasteiger partial charge is 0.0238 e. The molecule has 0 spiro atoms. The maximum atomic E-state index is 5.49. The van der Waals surface area contributed by atoms with Crippen LogP contribution in [0.2, 0.25) is 0 Å². The second-order valence-corrected chi connectivity index (χ2v) is 2.31. The van der Waals surface area contributed by atoms with Crippen molar-refractivity contribution in [1.29, 1.82) is 0 Å². The second kappa shape index (κ2) is 8.54. The third-order valence-electron chi connectivity index (χ3n) is 1.09. The highest BCUT2D eigenvalue weighted by Gasteiger charge is 1.94. The van der Waals surface area contributed by atoms with Crippen LogP contribution in [-0.4, -0.2) is 18.5 Å². The Balaban J connectivity index is 0. The van der Waals surface area contributed by atoms with Gasteiger partial charge in [0.05, 0.1) is 0 Å². The molecule has 0 aliphatic carbocycles. The molecule has 1 nitrogen and oxygen atoms in total. The molecular weight excluding hydrogens is 157 g/mol. The van der Waals surface area contributed by atoms with Gasteiger partial charge in [-0.3, -0.25) is 0 Å². The molecule has 1 atom stereocenters. The van der Waals surface area contributed by atoms with E-state index in [0.29, 0.717) is 6.04 Å². The molecule has 9 heavy (non-hydrogen) atoms. The van der Waals surface area contributed by atoms with Crippen LogP contribution in [0.25, 0.3) is 0 Å². The molecule has 0 bridgehead atoms. The molecular formula is C6H15Cl2N. The van der Waals surface area contributed by atoms with E-state index in [1.807, 2.05) is 0 Å². The predicted molar refractivity (Wildman–Crippen MR) is 45.7 cm³/mol. The summed E-state index contributed by atoms with van der Waals surface area (Å²) in [6, 6.07) is 0.581. The summed E-state index contributed by atoms with van der Waals surface area (Å²) in [6.07, 6.45) is 1.06. The van der Waals surface area contributed by atoms with Crippen molar-refractivity contribution in [1.82, 2.24) is 5.32 Å². The van der Waals surface area contributed by atoms with Crippen molar-refractivity contribution < 1.29 is 0 Å². The first-order valence-electron chi connectivity index (χ1n) is 3.10. The minimum absolute atomic E-state index is 0. The number of hydrogen-bond donors (Lipinski definition) is 1. The summed E-state index contributed by atoms with van der Waals surface area (Å²) >= 11 is 5.49. The zero-order valence-electron chi connectivity index (χ0n) is 5.98. The molecule has 0 heterocycles. The Morgan fingerprint density at radius 2 is 2.11 bits per heavy atom. The van der Waals surface area contributed by atoms with Crippen LogP contribution in [0.15, 0.2) is 0 Å². The third kappa shape index (κ3) is 8.54. The van der Waals surface area contributed by atoms with Crippen molar-refractivity contribution >= 4 is 24.0 Å². The molecule has 0 aromatic rings. The lowest BCUT2D eigenvalue weighted by Crippen LogP contribution is -2.25. The van der Waals surface area contributed by atoms with Gasteiger partial charge in [-0.1, -0.05) is 6.92 Å². The van der Waals surface area contributed by atoms with E-state index in [2.05, 4.69) is 19.2 Å². The molecule has 3 heteroatoms. The van der Waals surface area contributed by atoms with Gasteiger partial charge in [0, 0.05) is 11.9 Å². The van der Waals surface area contributed by atoms with E-state index in [1.54, 1.807) is 0 Å². The fourth-order valence-electron chi connectivity index (χ4n) is 0.614. The highest BCUT2D eigenvalue weighted by molar-refractivity contribution is 6.17. The van der Waals surface area contributed by atoms with Crippen LogP contribution in [0, 0.1) is 0 Å². The van der Waals surface area contributed by atoms with Gasteiger partial charge in [0.1, 0.15) is 0 Å². The molecule has 0 aromatic carbocycles. The molecule has 1 N–H and O–H groups in total. The first-order chi connectivity index (χ1) is 3.81. The fourth-order valence-corrected chi connectivity index (χ4v) is 0.942. The van der Waals surface area contributed by atoms with Gasteiger partial charge in [0.15, 0.2) is 0 Å². The number of rotatable bonds is 4. The van der Waals surface area contributed by atoms with E-state index in [9.17, 15) is 0 Å². The lowest BCUT2D eigenvalue weighted by Gasteiger charge is -2.08. The van der Waals surface area contributed by atoms with Gasteiger partial charge in [-0.15, -0.1) is 24.0 Å². The van der Waals surface area contributed by atoms with E-state index in [4.69, 9.17) is 11.6 Å². The van der Waals surface area contributed by atoms with Crippen LogP contribution in [0.5, 0.6) is 0 Å². The Labute approximate surface area is 68.6 Å². The van der Waals surface area contributed by atoms with Crippen molar-refractivity contribution in [3.63, 3.8) is 0 Å². The number of halogens is 2. The van der Waals surface area contributed by atoms with Crippen molar-refractivity contribution in [2.75, 3.05) is 12.4 Å². The highest BCUT2D eigenvalue weighted by Crippen LogP contribution is 1.90. The monoisotopic (exact) mass is 171 g/mol.